The zero-order chi connectivity index (χ0) is 12.0. The lowest BCUT2D eigenvalue weighted by molar-refractivity contribution is -0.131. The summed E-state index contributed by atoms with van der Waals surface area (Å²) in [6.45, 7) is 1.84. The Morgan fingerprint density at radius 3 is 2.38 bits per heavy atom. The summed E-state index contributed by atoms with van der Waals surface area (Å²) in [7, 11) is 0. The van der Waals surface area contributed by atoms with E-state index < -0.39 is 5.97 Å². The van der Waals surface area contributed by atoms with Gasteiger partial charge in [-0.05, 0) is 23.1 Å². The maximum Gasteiger partial charge on any atom is 0.328 e. The van der Waals surface area contributed by atoms with Crippen LogP contribution >= 0.6 is 0 Å². The maximum atomic E-state index is 10.5. The van der Waals surface area contributed by atoms with Gasteiger partial charge in [0.25, 0.3) is 0 Å². The van der Waals surface area contributed by atoms with Gasteiger partial charge in [0, 0.05) is 6.08 Å². The highest BCUT2D eigenvalue weighted by molar-refractivity contribution is 5.90. The van der Waals surface area contributed by atoms with Crippen molar-refractivity contribution in [1.29, 1.82) is 0 Å². The smallest absolute Gasteiger partial charge is 0.328 e. The van der Waals surface area contributed by atoms with Gasteiger partial charge in [-0.3, -0.25) is 0 Å². The average molecular weight is 220 g/mol. The van der Waals surface area contributed by atoms with E-state index in [-0.39, 0.29) is 6.61 Å². The molecule has 0 fully saturated rings. The number of rotatable bonds is 5. The maximum absolute atomic E-state index is 10.5. The second kappa shape index (κ2) is 6.08. The molecule has 3 nitrogen and oxygen atoms in total. The third kappa shape index (κ3) is 3.51. The van der Waals surface area contributed by atoms with Crippen LogP contribution in [0, 0.1) is 0 Å². The van der Waals surface area contributed by atoms with Crippen LogP contribution in [0.5, 0.6) is 0 Å². The second-order valence-electron chi connectivity index (χ2n) is 3.61. The van der Waals surface area contributed by atoms with Gasteiger partial charge in [0.15, 0.2) is 0 Å². The van der Waals surface area contributed by atoms with Crippen LogP contribution in [0.1, 0.15) is 24.5 Å². The van der Waals surface area contributed by atoms with Crippen LogP contribution < -0.4 is 0 Å². The molecule has 2 N–H and O–H groups in total. The van der Waals surface area contributed by atoms with Gasteiger partial charge >= 0.3 is 5.97 Å². The van der Waals surface area contributed by atoms with Crippen molar-refractivity contribution in [1.82, 2.24) is 0 Å². The van der Waals surface area contributed by atoms with Gasteiger partial charge < -0.3 is 10.2 Å². The first kappa shape index (κ1) is 12.5. The lowest BCUT2D eigenvalue weighted by Crippen LogP contribution is -1.96. The molecule has 0 bridgehead atoms. The Kier molecular flexibility index (Phi) is 4.73. The van der Waals surface area contributed by atoms with E-state index in [4.69, 9.17) is 10.2 Å². The van der Waals surface area contributed by atoms with E-state index in [0.717, 1.165) is 24.5 Å². The van der Waals surface area contributed by atoms with Crippen molar-refractivity contribution in [2.75, 3.05) is 6.61 Å². The van der Waals surface area contributed by atoms with Crippen LogP contribution in [0.3, 0.4) is 0 Å². The van der Waals surface area contributed by atoms with Crippen LogP contribution in [-0.4, -0.2) is 22.8 Å². The van der Waals surface area contributed by atoms with E-state index in [1.54, 1.807) is 0 Å². The van der Waals surface area contributed by atoms with E-state index in [2.05, 4.69) is 6.92 Å². The number of aliphatic hydroxyl groups is 1. The minimum absolute atomic E-state index is 0.264. The van der Waals surface area contributed by atoms with E-state index in [1.165, 1.54) is 5.56 Å². The first-order chi connectivity index (χ1) is 7.67. The lowest BCUT2D eigenvalue weighted by Gasteiger charge is -2.05. The summed E-state index contributed by atoms with van der Waals surface area (Å²) in [5, 5.41) is 17.7. The van der Waals surface area contributed by atoms with Crippen LogP contribution in [-0.2, 0) is 11.2 Å². The number of hydrogen-bond donors (Lipinski definition) is 2. The molecule has 0 saturated heterocycles. The molecule has 0 unspecified atom stereocenters. The Morgan fingerprint density at radius 1 is 1.31 bits per heavy atom. The summed E-state index contributed by atoms with van der Waals surface area (Å²) < 4.78 is 0. The number of aryl methyl sites for hydroxylation is 1. The van der Waals surface area contributed by atoms with Crippen molar-refractivity contribution in [2.24, 2.45) is 0 Å². The van der Waals surface area contributed by atoms with Crippen molar-refractivity contribution in [3.63, 3.8) is 0 Å². The molecular weight excluding hydrogens is 204 g/mol. The molecule has 0 aliphatic carbocycles. The van der Waals surface area contributed by atoms with Gasteiger partial charge in [-0.25, -0.2) is 4.79 Å². The molecule has 1 aromatic carbocycles. The third-order valence-corrected chi connectivity index (χ3v) is 2.33. The molecule has 1 aromatic rings. The van der Waals surface area contributed by atoms with Crippen molar-refractivity contribution >= 4 is 11.5 Å². The predicted molar refractivity (Wildman–Crippen MR) is 63.1 cm³/mol. The fraction of sp³-hybridized carbons (Fsp3) is 0.308. The van der Waals surface area contributed by atoms with E-state index >= 15 is 0 Å². The topological polar surface area (TPSA) is 57.5 Å². The minimum atomic E-state index is -1.04. The number of carboxylic acids is 1. The monoisotopic (exact) mass is 220 g/mol. The highest BCUT2D eigenvalue weighted by Gasteiger charge is 2.02. The molecule has 16 heavy (non-hydrogen) atoms. The minimum Gasteiger partial charge on any atom is -0.478 e. The molecule has 86 valence electrons. The summed E-state index contributed by atoms with van der Waals surface area (Å²) in [6.07, 6.45) is 3.13. The molecule has 0 spiro atoms. The highest BCUT2D eigenvalue weighted by Crippen LogP contribution is 2.15. The van der Waals surface area contributed by atoms with Gasteiger partial charge in [0.05, 0.1) is 6.61 Å². The fourth-order valence-electron chi connectivity index (χ4n) is 1.54. The average Bonchev–Trinajstić information content (AvgIpc) is 2.27. The van der Waals surface area contributed by atoms with E-state index in [9.17, 15) is 4.79 Å². The second-order valence-corrected chi connectivity index (χ2v) is 3.61. The normalized spacial score (nSPS) is 11.5. The Bertz CT molecular complexity index is 377. The molecule has 0 radical (unpaired) electrons. The largest absolute Gasteiger partial charge is 0.478 e. The number of hydrogen-bond acceptors (Lipinski definition) is 2. The zero-order valence-electron chi connectivity index (χ0n) is 9.31. The number of carboxylic acid groups (broad SMARTS) is 1. The van der Waals surface area contributed by atoms with Crippen LogP contribution in [0.15, 0.2) is 30.3 Å². The van der Waals surface area contributed by atoms with Crippen molar-refractivity contribution in [3.05, 3.63) is 41.5 Å². The number of aliphatic carboxylic acids is 1. The van der Waals surface area contributed by atoms with Gasteiger partial charge in [-0.15, -0.1) is 0 Å². The third-order valence-electron chi connectivity index (χ3n) is 2.33. The van der Waals surface area contributed by atoms with Gasteiger partial charge in [0.1, 0.15) is 0 Å². The molecular formula is C13H16O3. The molecule has 3 heteroatoms. The van der Waals surface area contributed by atoms with Crippen molar-refractivity contribution < 1.29 is 15.0 Å². The first-order valence-electron chi connectivity index (χ1n) is 5.31. The van der Waals surface area contributed by atoms with Gasteiger partial charge in [-0.2, -0.15) is 0 Å². The van der Waals surface area contributed by atoms with Crippen LogP contribution in [0.4, 0.5) is 0 Å². The van der Waals surface area contributed by atoms with Crippen molar-refractivity contribution in [2.45, 2.75) is 19.8 Å². The number of benzene rings is 1. The molecule has 0 atom stereocenters. The number of carbonyl (C=O) groups is 1. The molecule has 0 saturated carbocycles. The lowest BCUT2D eigenvalue weighted by atomic mass is 10.0. The van der Waals surface area contributed by atoms with Crippen LogP contribution in [0.25, 0.3) is 5.57 Å². The summed E-state index contributed by atoms with van der Waals surface area (Å²) in [6, 6.07) is 7.61. The van der Waals surface area contributed by atoms with Crippen LogP contribution in [0.2, 0.25) is 0 Å². The highest BCUT2D eigenvalue weighted by atomic mass is 16.4. The Labute approximate surface area is 95.0 Å². The summed E-state index contributed by atoms with van der Waals surface area (Å²) in [5.41, 5.74) is 2.40. The Morgan fingerprint density at radius 2 is 1.94 bits per heavy atom. The molecule has 0 aliphatic rings. The van der Waals surface area contributed by atoms with Gasteiger partial charge in [0.2, 0.25) is 0 Å². The first-order valence-corrected chi connectivity index (χ1v) is 5.31. The summed E-state index contributed by atoms with van der Waals surface area (Å²) >= 11 is 0. The van der Waals surface area contributed by atoms with E-state index in [1.807, 2.05) is 24.3 Å². The zero-order valence-corrected chi connectivity index (χ0v) is 9.31. The standard InChI is InChI=1S/C13H16O3/c1-2-3-10-4-6-11(7-5-10)12(9-14)8-13(15)16/h4-8,14H,2-3,9H2,1H3,(H,15,16)/b12-8+. The van der Waals surface area contributed by atoms with Gasteiger partial charge in [-0.1, -0.05) is 37.6 Å². The SMILES string of the molecule is CCCc1ccc(/C(=C/C(=O)O)CO)cc1. The van der Waals surface area contributed by atoms with E-state index in [0.29, 0.717) is 5.57 Å². The molecule has 1 rings (SSSR count). The predicted octanol–water partition coefficient (Wildman–Crippen LogP) is 2.10. The summed E-state index contributed by atoms with van der Waals surface area (Å²) in [4.78, 5) is 10.5. The summed E-state index contributed by atoms with van der Waals surface area (Å²) in [5.74, 6) is -1.04. The molecule has 0 heterocycles. The molecule has 0 aliphatic heterocycles. The fourth-order valence-corrected chi connectivity index (χ4v) is 1.54. The number of aliphatic hydroxyl groups excluding tert-OH is 1. The molecule has 0 amide bonds. The quantitative estimate of drug-likeness (QED) is 0.747. The van der Waals surface area contributed by atoms with Crippen molar-refractivity contribution in [3.8, 4) is 0 Å². The Balaban J connectivity index is 2.91. The molecule has 0 aromatic heterocycles. The Hall–Kier alpha value is -1.61.